The molecular formula is C51H66N12O5. The van der Waals surface area contributed by atoms with E-state index in [0.717, 1.165) is 25.7 Å². The molecule has 2 aliphatic rings. The molecule has 6 aromatic rings. The van der Waals surface area contributed by atoms with Gasteiger partial charge in [-0.15, -0.1) is 0 Å². The monoisotopic (exact) mass is 927 g/mol. The number of hydrogen-bond donors (Lipinski definition) is 4. The van der Waals surface area contributed by atoms with Crippen LogP contribution in [0, 0.1) is 0 Å². The van der Waals surface area contributed by atoms with Crippen LogP contribution in [-0.2, 0) is 15.6 Å². The first-order chi connectivity index (χ1) is 32.9. The minimum atomic E-state index is -0.480. The van der Waals surface area contributed by atoms with Crippen molar-refractivity contribution in [2.45, 2.75) is 48.6 Å². The lowest BCUT2D eigenvalue weighted by atomic mass is 9.71. The molecular weight excluding hydrogens is 861 g/mol. The number of aromatic nitrogens is 4. The van der Waals surface area contributed by atoms with Gasteiger partial charge in [-0.25, -0.2) is 9.97 Å². The number of ketones is 1. The topological polar surface area (TPSA) is 223 Å². The van der Waals surface area contributed by atoms with Crippen LogP contribution in [0.15, 0.2) is 84.9 Å². The minimum Gasteiger partial charge on any atom is -0.493 e. The fraction of sp³-hybridized carbons (Fsp3) is 0.431. The van der Waals surface area contributed by atoms with Gasteiger partial charge in [-0.3, -0.25) is 14.6 Å². The average molecular weight is 927 g/mol. The molecule has 0 spiro atoms. The fourth-order valence-corrected chi connectivity index (χ4v) is 10.6. The Morgan fingerprint density at radius 2 is 0.912 bits per heavy atom. The van der Waals surface area contributed by atoms with E-state index in [4.69, 9.17) is 61.8 Å². The van der Waals surface area contributed by atoms with Crippen molar-refractivity contribution in [3.63, 3.8) is 0 Å². The predicted molar refractivity (Wildman–Crippen MR) is 269 cm³/mol. The second kappa shape index (κ2) is 20.4. The number of hydrogen-bond acceptors (Lipinski definition) is 17. The van der Waals surface area contributed by atoms with Crippen molar-refractivity contribution in [3.8, 4) is 23.0 Å². The first-order valence-corrected chi connectivity index (χ1v) is 23.2. The van der Waals surface area contributed by atoms with Crippen LogP contribution in [0.1, 0.15) is 36.8 Å². The zero-order chi connectivity index (χ0) is 48.2. The molecule has 0 aliphatic carbocycles. The molecule has 17 nitrogen and oxygen atoms in total. The number of fused-ring (bicyclic) bond motifs is 2. The molecule has 68 heavy (non-hydrogen) atoms. The summed E-state index contributed by atoms with van der Waals surface area (Å²) >= 11 is 0. The Morgan fingerprint density at radius 1 is 0.574 bits per heavy atom. The van der Waals surface area contributed by atoms with Gasteiger partial charge in [0.05, 0.1) is 51.6 Å². The van der Waals surface area contributed by atoms with Crippen molar-refractivity contribution in [2.24, 2.45) is 11.5 Å². The molecule has 0 amide bonds. The lowest BCUT2D eigenvalue weighted by Crippen LogP contribution is -2.61. The molecule has 4 heterocycles. The molecule has 2 saturated heterocycles. The van der Waals surface area contributed by atoms with Gasteiger partial charge in [-0.1, -0.05) is 60.7 Å². The van der Waals surface area contributed by atoms with Gasteiger partial charge in [0, 0.05) is 74.0 Å². The summed E-state index contributed by atoms with van der Waals surface area (Å²) in [5.41, 5.74) is 29.4. The summed E-state index contributed by atoms with van der Waals surface area (Å²) in [4.78, 5) is 42.8. The standard InChI is InChI=1S/C51H66N12O5/c1-60(48-56-37-27-43(67-5)41(65-3)25-35(37)46(54)58-48)31-50(33-13-9-7-10-14-33)17-21-62(22-18-50)39(29-52)45(64)40(30-53)63-23-19-51(20-24-63,34-15-11-8-12-16-34)32-61(2)49-57-38-28-44(68-6)42(66-4)26-36(38)47(55)59-49/h7-16,25-28,39-40H,17-24,29-32,52-53H2,1-6H3,(H2,54,56,58)(H2,55,57,59). The molecule has 17 heteroatoms. The van der Waals surface area contributed by atoms with Gasteiger partial charge >= 0.3 is 0 Å². The molecule has 2 aromatic heterocycles. The number of nitrogen functional groups attached to an aromatic ring is 2. The largest absolute Gasteiger partial charge is 0.493 e. The van der Waals surface area contributed by atoms with Crippen LogP contribution >= 0.6 is 0 Å². The number of likely N-dealkylation sites (tertiary alicyclic amines) is 2. The van der Waals surface area contributed by atoms with E-state index in [9.17, 15) is 4.79 Å². The number of likely N-dealkylation sites (N-methyl/N-ethyl adjacent to an activating group) is 2. The summed E-state index contributed by atoms with van der Waals surface area (Å²) in [7, 11) is 10.4. The number of nitrogens with zero attached hydrogens (tertiary/aromatic N) is 8. The highest BCUT2D eigenvalue weighted by Crippen LogP contribution is 2.41. The molecule has 2 atom stereocenters. The molecule has 0 bridgehead atoms. The Morgan fingerprint density at radius 3 is 1.24 bits per heavy atom. The number of ether oxygens (including phenoxy) is 4. The Labute approximate surface area is 398 Å². The zero-order valence-electron chi connectivity index (χ0n) is 40.2. The van der Waals surface area contributed by atoms with E-state index in [1.54, 1.807) is 40.6 Å². The van der Waals surface area contributed by atoms with E-state index in [2.05, 4.69) is 68.1 Å². The number of benzene rings is 4. The highest BCUT2D eigenvalue weighted by atomic mass is 16.5. The molecule has 4 aromatic carbocycles. The van der Waals surface area contributed by atoms with Gasteiger partial charge in [-0.2, -0.15) is 9.97 Å². The second-order valence-electron chi connectivity index (χ2n) is 18.2. The van der Waals surface area contributed by atoms with Crippen LogP contribution in [0.2, 0.25) is 0 Å². The van der Waals surface area contributed by atoms with Gasteiger partial charge in [0.2, 0.25) is 11.9 Å². The van der Waals surface area contributed by atoms with Gasteiger partial charge < -0.3 is 51.7 Å². The maximum absolute atomic E-state index is 14.8. The number of anilines is 4. The molecule has 0 radical (unpaired) electrons. The molecule has 360 valence electrons. The Hall–Kier alpha value is -6.53. The Kier molecular flexibility index (Phi) is 14.4. The van der Waals surface area contributed by atoms with Crippen molar-refractivity contribution in [3.05, 3.63) is 96.1 Å². The minimum absolute atomic E-state index is 0.0721. The molecule has 8 N–H and O–H groups in total. The maximum atomic E-state index is 14.8. The first kappa shape index (κ1) is 47.9. The molecule has 2 unspecified atom stereocenters. The van der Waals surface area contributed by atoms with Crippen molar-refractivity contribution in [1.82, 2.24) is 29.7 Å². The zero-order valence-corrected chi connectivity index (χ0v) is 40.2. The van der Waals surface area contributed by atoms with Crippen molar-refractivity contribution >= 4 is 51.1 Å². The van der Waals surface area contributed by atoms with Gasteiger partial charge in [0.25, 0.3) is 0 Å². The van der Waals surface area contributed by atoms with Crippen LogP contribution in [0.5, 0.6) is 23.0 Å². The third-order valence-electron chi connectivity index (χ3n) is 14.5. The SMILES string of the molecule is COc1cc2nc(N(C)CC3(c4ccccc4)CCN(C(CN)C(=O)C(CN)N4CCC(CN(C)c5nc(N)c6cc(OC)c(OC)cc6n5)(c5ccccc5)CC4)CC3)nc(N)c2cc1OC. The van der Waals surface area contributed by atoms with E-state index >= 15 is 0 Å². The van der Waals surface area contributed by atoms with E-state index in [-0.39, 0.29) is 29.7 Å². The maximum Gasteiger partial charge on any atom is 0.227 e. The normalized spacial score (nSPS) is 17.1. The smallest absolute Gasteiger partial charge is 0.227 e. The van der Waals surface area contributed by atoms with Crippen LogP contribution in [0.25, 0.3) is 21.8 Å². The van der Waals surface area contributed by atoms with Crippen molar-refractivity contribution in [1.29, 1.82) is 0 Å². The quantitative estimate of drug-likeness (QED) is 0.0922. The highest BCUT2D eigenvalue weighted by molar-refractivity contribution is 5.93. The number of carbonyl (C=O) groups excluding carboxylic acids is 1. The molecule has 0 saturated carbocycles. The summed E-state index contributed by atoms with van der Waals surface area (Å²) in [5.74, 6) is 4.06. The van der Waals surface area contributed by atoms with Gasteiger partial charge in [0.1, 0.15) is 11.6 Å². The van der Waals surface area contributed by atoms with E-state index < -0.39 is 12.1 Å². The third-order valence-corrected chi connectivity index (χ3v) is 14.5. The van der Waals surface area contributed by atoms with Gasteiger partial charge in [-0.05, 0) is 75.1 Å². The number of rotatable bonds is 18. The predicted octanol–water partition coefficient (Wildman–Crippen LogP) is 4.64. The van der Waals surface area contributed by atoms with Crippen molar-refractivity contribution in [2.75, 3.05) is 116 Å². The Balaban J connectivity index is 0.975. The van der Waals surface area contributed by atoms with Gasteiger partial charge in [0.15, 0.2) is 28.8 Å². The molecule has 2 aliphatic heterocycles. The van der Waals surface area contributed by atoms with E-state index in [1.165, 1.54) is 11.1 Å². The highest BCUT2D eigenvalue weighted by Gasteiger charge is 2.44. The summed E-state index contributed by atoms with van der Waals surface area (Å²) < 4.78 is 22.1. The summed E-state index contributed by atoms with van der Waals surface area (Å²) in [6.45, 7) is 4.37. The van der Waals surface area contributed by atoms with Crippen LogP contribution in [0.3, 0.4) is 0 Å². The number of methoxy groups -OCH3 is 4. The number of nitrogens with two attached hydrogens (primary N) is 4. The van der Waals surface area contributed by atoms with Crippen LogP contribution < -0.4 is 51.7 Å². The average Bonchev–Trinajstić information content (AvgIpc) is 3.37. The molecule has 2 fully saturated rings. The number of piperidine rings is 2. The fourth-order valence-electron chi connectivity index (χ4n) is 10.6. The van der Waals surface area contributed by atoms with Crippen molar-refractivity contribution < 1.29 is 23.7 Å². The van der Waals surface area contributed by atoms with E-state index in [0.29, 0.717) is 108 Å². The van der Waals surface area contributed by atoms with Crippen LogP contribution in [-0.4, -0.2) is 142 Å². The summed E-state index contributed by atoms with van der Waals surface area (Å²) in [5, 5.41) is 1.38. The number of Topliss-reactive ketones (excluding diaryl/α,β-unsaturated/α-hetero) is 1. The van der Waals surface area contributed by atoms with Crippen LogP contribution in [0.4, 0.5) is 23.5 Å². The summed E-state index contributed by atoms with van der Waals surface area (Å²) in [6.07, 6.45) is 3.16. The lowest BCUT2D eigenvalue weighted by molar-refractivity contribution is -0.130. The number of carbonyl (C=O) groups is 1. The third kappa shape index (κ3) is 9.35. The summed E-state index contributed by atoms with van der Waals surface area (Å²) in [6, 6.07) is 27.5. The second-order valence-corrected chi connectivity index (χ2v) is 18.2. The Bertz CT molecular complexity index is 2510. The lowest BCUT2D eigenvalue weighted by Gasteiger charge is -2.48. The first-order valence-electron chi connectivity index (χ1n) is 23.2. The molecule has 8 rings (SSSR count). The van der Waals surface area contributed by atoms with E-state index in [1.807, 2.05) is 38.4 Å².